The van der Waals surface area contributed by atoms with E-state index in [2.05, 4.69) is 28.4 Å². The number of carboxylic acid groups (broad SMARTS) is 1. The van der Waals surface area contributed by atoms with Crippen LogP contribution < -0.4 is 10.2 Å². The van der Waals surface area contributed by atoms with Gasteiger partial charge in [-0.15, -0.1) is 0 Å². The summed E-state index contributed by atoms with van der Waals surface area (Å²) in [5, 5.41) is 13.6. The maximum Gasteiger partial charge on any atom is 0.407 e. The summed E-state index contributed by atoms with van der Waals surface area (Å²) in [4.78, 5) is 30.2. The maximum atomic E-state index is 11.3. The molecule has 2 heterocycles. The van der Waals surface area contributed by atoms with Crippen molar-refractivity contribution in [2.75, 3.05) is 38.1 Å². The second kappa shape index (κ2) is 8.81. The number of para-hydroxylation sites is 1. The number of nitrogens with one attached hydrogen (secondary N) is 1. The fourth-order valence-corrected chi connectivity index (χ4v) is 3.80. The number of carbonyl (C=O) groups is 2. The van der Waals surface area contributed by atoms with Crippen LogP contribution in [0.25, 0.3) is 10.9 Å². The molecule has 144 valence electrons. The molecular formula is C20H26N4O3. The van der Waals surface area contributed by atoms with Crippen molar-refractivity contribution in [3.05, 3.63) is 36.4 Å². The highest BCUT2D eigenvalue weighted by Gasteiger charge is 2.28. The molecule has 0 radical (unpaired) electrons. The molecule has 1 aliphatic heterocycles. The van der Waals surface area contributed by atoms with Gasteiger partial charge in [0.1, 0.15) is 12.1 Å². The van der Waals surface area contributed by atoms with Gasteiger partial charge in [-0.2, -0.15) is 0 Å². The zero-order valence-electron chi connectivity index (χ0n) is 15.5. The summed E-state index contributed by atoms with van der Waals surface area (Å²) < 4.78 is 0. The van der Waals surface area contributed by atoms with Crippen LogP contribution >= 0.6 is 0 Å². The van der Waals surface area contributed by atoms with E-state index in [1.54, 1.807) is 0 Å². The largest absolute Gasteiger partial charge is 0.465 e. The Morgan fingerprint density at radius 1 is 1.33 bits per heavy atom. The molecule has 0 aliphatic carbocycles. The molecule has 1 unspecified atom stereocenters. The number of rotatable bonds is 7. The van der Waals surface area contributed by atoms with Crippen LogP contribution in [0.3, 0.4) is 0 Å². The monoisotopic (exact) mass is 370 g/mol. The molecule has 1 saturated heterocycles. The first-order chi connectivity index (χ1) is 13.1. The van der Waals surface area contributed by atoms with Crippen LogP contribution in [0.5, 0.6) is 0 Å². The molecule has 7 nitrogen and oxygen atoms in total. The standard InChI is InChI=1S/C20H26N4O3/c1-21-18(14-24(12-13-25)20(26)27)16-8-10-23(11-9-16)19-7-6-15-4-2-3-5-17(15)22-19/h2-7,13,16,18,21H,8-12,14H2,1H3,(H,26,27). The number of piperidine rings is 1. The zero-order chi connectivity index (χ0) is 19.2. The maximum absolute atomic E-state index is 11.3. The van der Waals surface area contributed by atoms with E-state index in [-0.39, 0.29) is 12.6 Å². The highest BCUT2D eigenvalue weighted by atomic mass is 16.4. The first-order valence-corrected chi connectivity index (χ1v) is 9.32. The number of hydrogen-bond acceptors (Lipinski definition) is 5. The van der Waals surface area contributed by atoms with E-state index < -0.39 is 6.09 Å². The topological polar surface area (TPSA) is 85.8 Å². The van der Waals surface area contributed by atoms with Crippen LogP contribution in [-0.4, -0.2) is 66.6 Å². The summed E-state index contributed by atoms with van der Waals surface area (Å²) >= 11 is 0. The molecule has 0 spiro atoms. The van der Waals surface area contributed by atoms with Gasteiger partial charge >= 0.3 is 6.09 Å². The molecule has 1 atom stereocenters. The Morgan fingerprint density at radius 3 is 2.74 bits per heavy atom. The first kappa shape index (κ1) is 19.1. The van der Waals surface area contributed by atoms with Crippen molar-refractivity contribution in [3.8, 4) is 0 Å². The number of aldehydes is 1. The zero-order valence-corrected chi connectivity index (χ0v) is 15.5. The van der Waals surface area contributed by atoms with Crippen LogP contribution in [-0.2, 0) is 4.79 Å². The SMILES string of the molecule is CNC(CN(CC=O)C(=O)O)C1CCN(c2ccc3ccccc3n2)CC1. The molecule has 1 fully saturated rings. The molecule has 2 N–H and O–H groups in total. The third kappa shape index (κ3) is 4.54. The quantitative estimate of drug-likeness (QED) is 0.727. The van der Waals surface area contributed by atoms with Crippen LogP contribution in [0.1, 0.15) is 12.8 Å². The normalized spacial score (nSPS) is 16.3. The Bertz CT molecular complexity index is 790. The van der Waals surface area contributed by atoms with Gasteiger partial charge in [0.2, 0.25) is 0 Å². The van der Waals surface area contributed by atoms with Crippen LogP contribution in [0.15, 0.2) is 36.4 Å². The number of anilines is 1. The van der Waals surface area contributed by atoms with Gasteiger partial charge in [0, 0.05) is 31.1 Å². The molecule has 27 heavy (non-hydrogen) atoms. The van der Waals surface area contributed by atoms with E-state index in [1.165, 1.54) is 4.90 Å². The molecule has 1 aliphatic rings. The predicted molar refractivity (Wildman–Crippen MR) is 105 cm³/mol. The summed E-state index contributed by atoms with van der Waals surface area (Å²) in [6.45, 7) is 2.00. The number of benzene rings is 1. The average molecular weight is 370 g/mol. The lowest BCUT2D eigenvalue weighted by Gasteiger charge is -2.37. The van der Waals surface area contributed by atoms with Crippen molar-refractivity contribution in [2.45, 2.75) is 18.9 Å². The Morgan fingerprint density at radius 2 is 2.07 bits per heavy atom. The van der Waals surface area contributed by atoms with Gasteiger partial charge < -0.3 is 20.1 Å². The third-order valence-electron chi connectivity index (χ3n) is 5.37. The average Bonchev–Trinajstić information content (AvgIpc) is 2.71. The summed E-state index contributed by atoms with van der Waals surface area (Å²) in [5.74, 6) is 1.35. The van der Waals surface area contributed by atoms with Gasteiger partial charge in [-0.25, -0.2) is 9.78 Å². The van der Waals surface area contributed by atoms with Gasteiger partial charge in [-0.3, -0.25) is 4.90 Å². The van der Waals surface area contributed by atoms with Crippen molar-refractivity contribution in [3.63, 3.8) is 0 Å². The smallest absolute Gasteiger partial charge is 0.407 e. The minimum atomic E-state index is -1.06. The number of pyridine rings is 1. The van der Waals surface area contributed by atoms with Crippen molar-refractivity contribution in [2.24, 2.45) is 5.92 Å². The minimum Gasteiger partial charge on any atom is -0.465 e. The lowest BCUT2D eigenvalue weighted by Crippen LogP contribution is -2.49. The highest BCUT2D eigenvalue weighted by molar-refractivity contribution is 5.80. The number of amides is 1. The molecule has 2 aromatic rings. The Kier molecular flexibility index (Phi) is 6.24. The van der Waals surface area contributed by atoms with E-state index in [0.717, 1.165) is 42.7 Å². The van der Waals surface area contributed by atoms with E-state index in [9.17, 15) is 14.7 Å². The molecule has 1 amide bonds. The lowest BCUT2D eigenvalue weighted by molar-refractivity contribution is -0.108. The number of aromatic nitrogens is 1. The Labute approximate surface area is 159 Å². The van der Waals surface area contributed by atoms with E-state index in [1.807, 2.05) is 25.2 Å². The summed E-state index contributed by atoms with van der Waals surface area (Å²) in [7, 11) is 1.85. The number of nitrogens with zero attached hydrogens (tertiary/aromatic N) is 3. The lowest BCUT2D eigenvalue weighted by atomic mass is 9.89. The van der Waals surface area contributed by atoms with Crippen molar-refractivity contribution >= 4 is 29.1 Å². The fraction of sp³-hybridized carbons (Fsp3) is 0.450. The van der Waals surface area contributed by atoms with E-state index in [4.69, 9.17) is 4.98 Å². The fourth-order valence-electron chi connectivity index (χ4n) is 3.80. The molecule has 1 aromatic heterocycles. The number of likely N-dealkylation sites (N-methyl/N-ethyl adjacent to an activating group) is 1. The van der Waals surface area contributed by atoms with E-state index in [0.29, 0.717) is 18.7 Å². The van der Waals surface area contributed by atoms with Crippen LogP contribution in [0.4, 0.5) is 10.6 Å². The van der Waals surface area contributed by atoms with Gasteiger partial charge in [0.25, 0.3) is 0 Å². The van der Waals surface area contributed by atoms with Gasteiger partial charge in [0.05, 0.1) is 12.1 Å². The predicted octanol–water partition coefficient (Wildman–Crippen LogP) is 2.22. The minimum absolute atomic E-state index is 0.0350. The van der Waals surface area contributed by atoms with Crippen LogP contribution in [0.2, 0.25) is 0 Å². The summed E-state index contributed by atoms with van der Waals surface area (Å²) in [5.41, 5.74) is 0.996. The number of carbonyl (C=O) groups excluding carboxylic acids is 1. The molecular weight excluding hydrogens is 344 g/mol. The number of hydrogen-bond donors (Lipinski definition) is 2. The molecule has 0 saturated carbocycles. The molecule has 3 rings (SSSR count). The third-order valence-corrected chi connectivity index (χ3v) is 5.37. The van der Waals surface area contributed by atoms with Crippen LogP contribution in [0, 0.1) is 5.92 Å². The van der Waals surface area contributed by atoms with Gasteiger partial charge in [0.15, 0.2) is 0 Å². The van der Waals surface area contributed by atoms with Crippen molar-refractivity contribution in [1.82, 2.24) is 15.2 Å². The second-order valence-corrected chi connectivity index (χ2v) is 6.94. The molecule has 1 aromatic carbocycles. The summed E-state index contributed by atoms with van der Waals surface area (Å²) in [6.07, 6.45) is 1.48. The second-order valence-electron chi connectivity index (χ2n) is 6.94. The van der Waals surface area contributed by atoms with E-state index >= 15 is 0 Å². The molecule has 0 bridgehead atoms. The number of fused-ring (bicyclic) bond motifs is 1. The Hall–Kier alpha value is -2.67. The highest BCUT2D eigenvalue weighted by Crippen LogP contribution is 2.26. The molecule has 7 heteroatoms. The van der Waals surface area contributed by atoms with Gasteiger partial charge in [-0.1, -0.05) is 18.2 Å². The van der Waals surface area contributed by atoms with Gasteiger partial charge in [-0.05, 0) is 44.0 Å². The van der Waals surface area contributed by atoms with Crippen molar-refractivity contribution in [1.29, 1.82) is 0 Å². The first-order valence-electron chi connectivity index (χ1n) is 9.32. The van der Waals surface area contributed by atoms with Crippen molar-refractivity contribution < 1.29 is 14.7 Å². The summed E-state index contributed by atoms with van der Waals surface area (Å²) in [6, 6.07) is 12.3. The Balaban J connectivity index is 1.62.